The fraction of sp³-hybridized carbons (Fsp3) is 0.325. The summed E-state index contributed by atoms with van der Waals surface area (Å²) in [6, 6.07) is 18.2. The van der Waals surface area contributed by atoms with Gasteiger partial charge in [0.15, 0.2) is 5.71 Å². The number of carboxylic acid groups (broad SMARTS) is 1. The molecule has 0 aromatic heterocycles. The summed E-state index contributed by atoms with van der Waals surface area (Å²) >= 11 is 0. The van der Waals surface area contributed by atoms with Crippen LogP contribution >= 0.6 is 7.82 Å². The van der Waals surface area contributed by atoms with Gasteiger partial charge in [0.25, 0.3) is 6.43 Å². The number of nitrogens with one attached hydrogen (secondary N) is 3. The van der Waals surface area contributed by atoms with E-state index < -0.39 is 49.4 Å². The lowest BCUT2D eigenvalue weighted by Gasteiger charge is -2.20. The van der Waals surface area contributed by atoms with Crippen LogP contribution in [0.25, 0.3) is 0 Å². The minimum absolute atomic E-state index is 0.0652. The molecule has 0 bridgehead atoms. The highest BCUT2D eigenvalue weighted by molar-refractivity contribution is 7.46. The molecule has 57 heavy (non-hydrogen) atoms. The van der Waals surface area contributed by atoms with Gasteiger partial charge in [0.05, 0.1) is 16.7 Å². The Hall–Kier alpha value is -5.70. The Morgan fingerprint density at radius 1 is 0.947 bits per heavy atom. The van der Waals surface area contributed by atoms with Crippen molar-refractivity contribution in [3.05, 3.63) is 107 Å². The van der Waals surface area contributed by atoms with Crippen molar-refractivity contribution in [2.75, 3.05) is 29.9 Å². The number of alkyl halides is 2. The van der Waals surface area contributed by atoms with Gasteiger partial charge >= 0.3 is 19.8 Å². The number of amides is 4. The summed E-state index contributed by atoms with van der Waals surface area (Å²) in [5.41, 5.74) is 4.53. The lowest BCUT2D eigenvalue weighted by molar-refractivity contribution is -0.438. The van der Waals surface area contributed by atoms with Crippen LogP contribution < -0.4 is 25.4 Å². The third-order valence-corrected chi connectivity index (χ3v) is 9.94. The minimum Gasteiger partial charge on any atom is -0.481 e. The van der Waals surface area contributed by atoms with Gasteiger partial charge in [-0.2, -0.15) is 4.58 Å². The Morgan fingerprint density at radius 2 is 1.65 bits per heavy atom. The number of rotatable bonds is 17. The molecule has 0 spiro atoms. The molecule has 302 valence electrons. The predicted molar refractivity (Wildman–Crippen MR) is 209 cm³/mol. The summed E-state index contributed by atoms with van der Waals surface area (Å²) in [5, 5.41) is 17.0. The van der Waals surface area contributed by atoms with E-state index in [4.69, 9.17) is 14.9 Å². The van der Waals surface area contributed by atoms with Crippen LogP contribution in [0.1, 0.15) is 69.1 Å². The number of carboxylic acids is 1. The van der Waals surface area contributed by atoms with Crippen LogP contribution in [0.4, 0.5) is 30.6 Å². The number of nitrogens with zero attached hydrogens (tertiary/aromatic N) is 2. The first-order chi connectivity index (χ1) is 27.0. The first-order valence-corrected chi connectivity index (χ1v) is 19.8. The van der Waals surface area contributed by atoms with Gasteiger partial charge in [-0.3, -0.25) is 29.1 Å². The van der Waals surface area contributed by atoms with Crippen molar-refractivity contribution in [1.29, 1.82) is 0 Å². The molecule has 0 aliphatic carbocycles. The van der Waals surface area contributed by atoms with E-state index in [1.165, 1.54) is 5.56 Å². The van der Waals surface area contributed by atoms with Crippen molar-refractivity contribution in [2.24, 2.45) is 0 Å². The van der Waals surface area contributed by atoms with Gasteiger partial charge in [0.1, 0.15) is 12.3 Å². The highest BCUT2D eigenvalue weighted by Gasteiger charge is 2.43. The highest BCUT2D eigenvalue weighted by atomic mass is 31.2. The minimum atomic E-state index is -5.09. The number of anilines is 2. The molecular formula is C40H45F2N5O9P+. The largest absolute Gasteiger partial charge is 0.524 e. The van der Waals surface area contributed by atoms with Crippen molar-refractivity contribution in [3.63, 3.8) is 0 Å². The van der Waals surface area contributed by atoms with Crippen LogP contribution in [-0.4, -0.2) is 68.6 Å². The van der Waals surface area contributed by atoms with E-state index in [0.29, 0.717) is 25.8 Å². The fourth-order valence-electron chi connectivity index (χ4n) is 6.86. The van der Waals surface area contributed by atoms with E-state index in [2.05, 4.69) is 51.0 Å². The lowest BCUT2D eigenvalue weighted by atomic mass is 9.81. The van der Waals surface area contributed by atoms with Gasteiger partial charge in [0.2, 0.25) is 17.5 Å². The van der Waals surface area contributed by atoms with Crippen LogP contribution in [0.3, 0.4) is 0 Å². The third-order valence-electron chi connectivity index (χ3n) is 9.51. The van der Waals surface area contributed by atoms with Crippen molar-refractivity contribution in [1.82, 2.24) is 10.6 Å². The number of halogens is 2. The van der Waals surface area contributed by atoms with Crippen LogP contribution in [-0.2, 0) is 30.8 Å². The number of phosphoric ester groups is 1. The number of hydrogen-bond donors (Lipinski definition) is 6. The number of allylic oxidation sites excluding steroid dienone is 4. The van der Waals surface area contributed by atoms with Crippen LogP contribution in [0.2, 0.25) is 0 Å². The maximum Gasteiger partial charge on any atom is 0.524 e. The quantitative estimate of drug-likeness (QED) is 0.0503. The first-order valence-electron chi connectivity index (χ1n) is 18.3. The molecule has 0 fully saturated rings. The number of urea groups is 1. The van der Waals surface area contributed by atoms with Crippen LogP contribution in [0.15, 0.2) is 90.7 Å². The van der Waals surface area contributed by atoms with Crippen molar-refractivity contribution in [3.8, 4) is 5.75 Å². The van der Waals surface area contributed by atoms with Crippen molar-refractivity contribution >= 4 is 54.4 Å². The molecule has 0 radical (unpaired) electrons. The van der Waals surface area contributed by atoms with Gasteiger partial charge in [-0.05, 0) is 56.2 Å². The normalized spacial score (nSPS) is 15.2. The zero-order chi connectivity index (χ0) is 41.3. The van der Waals surface area contributed by atoms with E-state index in [9.17, 15) is 32.5 Å². The number of carbonyl (C=O) groups is 4. The molecule has 4 amide bonds. The Balaban J connectivity index is 1.16. The van der Waals surface area contributed by atoms with Gasteiger partial charge < -0.3 is 25.6 Å². The lowest BCUT2D eigenvalue weighted by Crippen LogP contribution is -2.41. The Bertz CT molecular complexity index is 2170. The molecule has 0 saturated carbocycles. The number of hydrogen-bond acceptors (Lipinski definition) is 6. The van der Waals surface area contributed by atoms with Gasteiger partial charge in [-0.25, -0.2) is 18.1 Å². The topological polar surface area (TPSA) is 198 Å². The number of unbranched alkanes of at least 4 members (excludes halogenated alkanes) is 1. The summed E-state index contributed by atoms with van der Waals surface area (Å²) in [5.74, 6) is -2.69. The summed E-state index contributed by atoms with van der Waals surface area (Å²) in [6.07, 6.45) is 4.09. The van der Waals surface area contributed by atoms with Crippen LogP contribution in [0, 0.1) is 0 Å². The standard InChI is InChI=1S/C40H44F2N5O9P/c1-40(2)30-12-4-6-14-32(30)46(23-8-7-16-37(50)51)34(40)15-9-11-28-24-26-10-3-5-13-31(26)47(28)39(52)44-22-21-43-35(48)19-20-36(49)45-27-17-18-33(56-57(53,54)55)29(25-27)38(41)42/h3-6,9-15,17-18,25,38H,7-8,16,19-24H2,1-2H3,(H5-,43,44,45,48,49,50,51,52,53,54,55)/p+1. The third kappa shape index (κ3) is 11.0. The average molecular weight is 809 g/mol. The second-order valence-electron chi connectivity index (χ2n) is 14.0. The van der Waals surface area contributed by atoms with E-state index in [0.717, 1.165) is 46.5 Å². The molecule has 3 aromatic carbocycles. The van der Waals surface area contributed by atoms with Crippen molar-refractivity contribution < 1.29 is 56.5 Å². The van der Waals surface area contributed by atoms with Crippen molar-refractivity contribution in [2.45, 2.75) is 64.2 Å². The molecule has 0 atom stereocenters. The fourth-order valence-corrected chi connectivity index (χ4v) is 7.28. The molecule has 14 nitrogen and oxygen atoms in total. The number of carbonyl (C=O) groups excluding carboxylic acids is 3. The van der Waals surface area contributed by atoms with E-state index >= 15 is 0 Å². The monoisotopic (exact) mass is 808 g/mol. The molecule has 0 unspecified atom stereocenters. The molecule has 2 heterocycles. The molecule has 2 aliphatic rings. The first kappa shape index (κ1) is 42.4. The number of phosphoric acid groups is 1. The maximum atomic E-state index is 13.6. The number of para-hydroxylation sites is 2. The predicted octanol–water partition coefficient (Wildman–Crippen LogP) is 6.47. The smallest absolute Gasteiger partial charge is 0.481 e. The molecule has 17 heteroatoms. The Labute approximate surface area is 328 Å². The SMILES string of the molecule is CC1(C)C(C=CC=C2Cc3ccccc3N2C(=O)NCCNC(=O)CCC(=O)Nc2ccc(OP(=O)(O)O)c(C(F)F)c2)=[N+](CCCCC(=O)O)c2ccccc21. The van der Waals surface area contributed by atoms with Gasteiger partial charge in [-0.1, -0.05) is 42.5 Å². The van der Waals surface area contributed by atoms with Gasteiger partial charge in [0, 0.05) is 74.3 Å². The highest BCUT2D eigenvalue weighted by Crippen LogP contribution is 2.43. The summed E-state index contributed by atoms with van der Waals surface area (Å²) in [7, 11) is -5.09. The molecule has 5 rings (SSSR count). The van der Waals surface area contributed by atoms with Crippen LogP contribution in [0.5, 0.6) is 5.75 Å². The molecule has 0 saturated heterocycles. The molecule has 2 aliphatic heterocycles. The summed E-state index contributed by atoms with van der Waals surface area (Å²) in [6.45, 7) is 5.11. The van der Waals surface area contributed by atoms with Gasteiger partial charge in [-0.15, -0.1) is 0 Å². The molecule has 3 aromatic rings. The summed E-state index contributed by atoms with van der Waals surface area (Å²) in [4.78, 5) is 69.0. The Morgan fingerprint density at radius 3 is 2.39 bits per heavy atom. The number of fused-ring (bicyclic) bond motifs is 2. The second kappa shape index (κ2) is 18.5. The number of aliphatic carboxylic acids is 1. The Kier molecular flexibility index (Phi) is 13.8. The average Bonchev–Trinajstić information content (AvgIpc) is 3.62. The zero-order valence-corrected chi connectivity index (χ0v) is 32.3. The molecular weight excluding hydrogens is 763 g/mol. The second-order valence-corrected chi connectivity index (χ2v) is 15.1. The van der Waals surface area contributed by atoms with E-state index in [1.807, 2.05) is 54.6 Å². The van der Waals surface area contributed by atoms with E-state index in [1.54, 1.807) is 4.90 Å². The summed E-state index contributed by atoms with van der Waals surface area (Å²) < 4.78 is 44.5. The maximum absolute atomic E-state index is 13.6. The zero-order valence-electron chi connectivity index (χ0n) is 31.4. The molecule has 6 N–H and O–H groups in total. The number of benzene rings is 3. The van der Waals surface area contributed by atoms with E-state index in [-0.39, 0.29) is 43.5 Å².